The molecule has 4 heteroatoms. The summed E-state index contributed by atoms with van der Waals surface area (Å²) < 4.78 is 36.8. The molecule has 0 bridgehead atoms. The molecule has 0 aliphatic carbocycles. The number of nitrogens with one attached hydrogen (secondary N) is 1. The highest BCUT2D eigenvalue weighted by atomic mass is 19.4. The summed E-state index contributed by atoms with van der Waals surface area (Å²) in [5.74, 6) is -0.437. The summed E-state index contributed by atoms with van der Waals surface area (Å²) >= 11 is 0. The third-order valence-corrected chi connectivity index (χ3v) is 1.46. The maximum Gasteiger partial charge on any atom is 0.418 e. The fourth-order valence-electron chi connectivity index (χ4n) is 0.766. The van der Waals surface area contributed by atoms with Gasteiger partial charge in [-0.25, -0.2) is 0 Å². The minimum Gasteiger partial charge on any atom is -0.304 e. The van der Waals surface area contributed by atoms with Crippen molar-refractivity contribution in [2.75, 3.05) is 0 Å². The maximum absolute atomic E-state index is 12.3. The lowest BCUT2D eigenvalue weighted by molar-refractivity contribution is -0.0864. The van der Waals surface area contributed by atoms with Gasteiger partial charge in [-0.1, -0.05) is 26.5 Å². The molecule has 74 valence electrons. The van der Waals surface area contributed by atoms with Gasteiger partial charge in [0.05, 0.1) is 5.57 Å². The highest BCUT2D eigenvalue weighted by Gasteiger charge is 2.36. The Morgan fingerprint density at radius 1 is 1.38 bits per heavy atom. The molecule has 0 atom stereocenters. The molecule has 0 spiro atoms. The fraction of sp³-hybridized carbons (Fsp3) is 0.444. The van der Waals surface area contributed by atoms with E-state index in [9.17, 15) is 13.2 Å². The molecule has 1 nitrogen and oxygen atoms in total. The summed E-state index contributed by atoms with van der Waals surface area (Å²) in [6, 6.07) is 0. The summed E-state index contributed by atoms with van der Waals surface area (Å²) in [5, 5.41) is 7.22. The molecule has 0 unspecified atom stereocenters. The van der Waals surface area contributed by atoms with Crippen molar-refractivity contribution >= 4 is 5.71 Å². The summed E-state index contributed by atoms with van der Waals surface area (Å²) in [5.41, 5.74) is -1.33. The zero-order valence-electron chi connectivity index (χ0n) is 7.57. The van der Waals surface area contributed by atoms with E-state index in [-0.39, 0.29) is 0 Å². The van der Waals surface area contributed by atoms with Crippen LogP contribution in [0.25, 0.3) is 0 Å². The third-order valence-electron chi connectivity index (χ3n) is 1.46. The van der Waals surface area contributed by atoms with Crippen LogP contribution in [0.1, 0.15) is 13.8 Å². The summed E-state index contributed by atoms with van der Waals surface area (Å²) in [6.45, 7) is 6.28. The lowest BCUT2D eigenvalue weighted by Gasteiger charge is -2.14. The molecule has 0 aromatic carbocycles. The van der Waals surface area contributed by atoms with Gasteiger partial charge in [-0.2, -0.15) is 13.2 Å². The van der Waals surface area contributed by atoms with E-state index in [2.05, 4.69) is 6.58 Å². The molecule has 0 amide bonds. The van der Waals surface area contributed by atoms with Crippen LogP contribution in [-0.2, 0) is 0 Å². The van der Waals surface area contributed by atoms with Gasteiger partial charge >= 0.3 is 6.18 Å². The summed E-state index contributed by atoms with van der Waals surface area (Å²) in [7, 11) is 0. The van der Waals surface area contributed by atoms with Gasteiger partial charge < -0.3 is 5.41 Å². The molecule has 0 rings (SSSR count). The number of hydrogen-bond donors (Lipinski definition) is 1. The number of allylic oxidation sites excluding steroid dienone is 3. The van der Waals surface area contributed by atoms with Gasteiger partial charge in [0.25, 0.3) is 0 Å². The van der Waals surface area contributed by atoms with Crippen LogP contribution in [0.5, 0.6) is 0 Å². The molecule has 0 heterocycles. The van der Waals surface area contributed by atoms with Crippen molar-refractivity contribution in [3.8, 4) is 0 Å². The van der Waals surface area contributed by atoms with Crippen LogP contribution in [0.15, 0.2) is 24.3 Å². The minimum absolute atomic E-state index is 0.410. The van der Waals surface area contributed by atoms with E-state index in [4.69, 9.17) is 5.41 Å². The van der Waals surface area contributed by atoms with Crippen molar-refractivity contribution in [2.45, 2.75) is 20.0 Å². The molecule has 1 N–H and O–H groups in total. The van der Waals surface area contributed by atoms with Gasteiger partial charge in [0.15, 0.2) is 0 Å². The number of hydrogen-bond acceptors (Lipinski definition) is 1. The van der Waals surface area contributed by atoms with E-state index < -0.39 is 23.4 Å². The van der Waals surface area contributed by atoms with Crippen molar-refractivity contribution in [3.05, 3.63) is 24.3 Å². The first-order chi connectivity index (χ1) is 5.80. The Balaban J connectivity index is 4.95. The van der Waals surface area contributed by atoms with Crippen LogP contribution < -0.4 is 0 Å². The van der Waals surface area contributed by atoms with Crippen LogP contribution in [0.2, 0.25) is 0 Å². The predicted molar refractivity (Wildman–Crippen MR) is 46.9 cm³/mol. The number of rotatable bonds is 3. The average molecular weight is 191 g/mol. The maximum atomic E-state index is 12.3. The number of halogens is 3. The Bertz CT molecular complexity index is 236. The third kappa shape index (κ3) is 3.44. The van der Waals surface area contributed by atoms with Gasteiger partial charge in [0, 0.05) is 5.71 Å². The van der Waals surface area contributed by atoms with E-state index in [0.29, 0.717) is 0 Å². The Hall–Kier alpha value is -1.06. The van der Waals surface area contributed by atoms with Crippen LogP contribution in [0, 0.1) is 11.3 Å². The van der Waals surface area contributed by atoms with Crippen LogP contribution in [0.3, 0.4) is 0 Å². The van der Waals surface area contributed by atoms with Crippen molar-refractivity contribution in [2.24, 2.45) is 5.92 Å². The second-order valence-electron chi connectivity index (χ2n) is 2.88. The van der Waals surface area contributed by atoms with Crippen LogP contribution >= 0.6 is 0 Å². The van der Waals surface area contributed by atoms with Crippen molar-refractivity contribution in [3.63, 3.8) is 0 Å². The first-order valence-electron chi connectivity index (χ1n) is 3.79. The lowest BCUT2D eigenvalue weighted by atomic mass is 9.99. The molecular weight excluding hydrogens is 179 g/mol. The largest absolute Gasteiger partial charge is 0.418 e. The van der Waals surface area contributed by atoms with Gasteiger partial charge in [-0.3, -0.25) is 0 Å². The zero-order chi connectivity index (χ0) is 10.6. The lowest BCUT2D eigenvalue weighted by Crippen LogP contribution is -2.22. The second-order valence-corrected chi connectivity index (χ2v) is 2.88. The standard InChI is InChI=1S/C9H12F3N/c1-4-5-7(9(10,11)12)8(13)6(2)3/h4-6,13H,1H2,2-3H3/b7-5+,13-8?. The van der Waals surface area contributed by atoms with E-state index in [1.165, 1.54) is 0 Å². The second kappa shape index (κ2) is 4.25. The molecule has 0 aliphatic rings. The average Bonchev–Trinajstić information content (AvgIpc) is 1.96. The van der Waals surface area contributed by atoms with Crippen LogP contribution in [-0.4, -0.2) is 11.9 Å². The van der Waals surface area contributed by atoms with Gasteiger partial charge in [0.1, 0.15) is 0 Å². The molecule has 13 heavy (non-hydrogen) atoms. The Morgan fingerprint density at radius 2 is 1.85 bits per heavy atom. The molecule has 0 saturated carbocycles. The highest BCUT2D eigenvalue weighted by Crippen LogP contribution is 2.28. The molecule has 0 aromatic heterocycles. The van der Waals surface area contributed by atoms with E-state index >= 15 is 0 Å². The van der Waals surface area contributed by atoms with Gasteiger partial charge in [-0.05, 0) is 12.0 Å². The van der Waals surface area contributed by atoms with Crippen molar-refractivity contribution in [1.82, 2.24) is 0 Å². The molecule has 0 aliphatic heterocycles. The van der Waals surface area contributed by atoms with E-state index in [0.717, 1.165) is 12.2 Å². The molecular formula is C9H12F3N. The Kier molecular flexibility index (Phi) is 3.91. The highest BCUT2D eigenvalue weighted by molar-refractivity contribution is 6.00. The SMILES string of the molecule is C=C/C=C(\C(=N)C(C)C)C(F)(F)F. The quantitative estimate of drug-likeness (QED) is 0.522. The van der Waals surface area contributed by atoms with Gasteiger partial charge in [-0.15, -0.1) is 0 Å². The first-order valence-corrected chi connectivity index (χ1v) is 3.79. The molecule has 0 saturated heterocycles. The monoisotopic (exact) mass is 191 g/mol. The van der Waals surface area contributed by atoms with Gasteiger partial charge in [0.2, 0.25) is 0 Å². The predicted octanol–water partition coefficient (Wildman–Crippen LogP) is 3.34. The van der Waals surface area contributed by atoms with E-state index in [1.807, 2.05) is 0 Å². The fourth-order valence-corrected chi connectivity index (χ4v) is 0.766. The smallest absolute Gasteiger partial charge is 0.304 e. The van der Waals surface area contributed by atoms with Crippen LogP contribution in [0.4, 0.5) is 13.2 Å². The Labute approximate surface area is 75.5 Å². The Morgan fingerprint density at radius 3 is 2.08 bits per heavy atom. The molecule has 0 aromatic rings. The first kappa shape index (κ1) is 11.9. The van der Waals surface area contributed by atoms with E-state index in [1.54, 1.807) is 13.8 Å². The van der Waals surface area contributed by atoms with Crippen molar-refractivity contribution < 1.29 is 13.2 Å². The summed E-state index contributed by atoms with van der Waals surface area (Å²) in [6.07, 6.45) is -2.60. The zero-order valence-corrected chi connectivity index (χ0v) is 7.57. The minimum atomic E-state index is -4.46. The topological polar surface area (TPSA) is 23.9 Å². The summed E-state index contributed by atoms with van der Waals surface area (Å²) in [4.78, 5) is 0. The molecule has 0 fully saturated rings. The number of alkyl halides is 3. The van der Waals surface area contributed by atoms with Crippen molar-refractivity contribution in [1.29, 1.82) is 5.41 Å². The molecule has 0 radical (unpaired) electrons. The normalized spacial score (nSPS) is 13.2.